The van der Waals surface area contributed by atoms with Crippen LogP contribution in [0.25, 0.3) is 11.3 Å². The number of rotatable bonds is 3. The number of terminal acetylenes is 1. The third-order valence-corrected chi connectivity index (χ3v) is 2.81. The van der Waals surface area contributed by atoms with Crippen molar-refractivity contribution in [2.45, 2.75) is 13.1 Å². The number of nitrogens with zero attached hydrogens (tertiary/aromatic N) is 2. The summed E-state index contributed by atoms with van der Waals surface area (Å²) in [5.74, 6) is 2.56. The van der Waals surface area contributed by atoms with E-state index in [1.807, 2.05) is 17.5 Å². The van der Waals surface area contributed by atoms with Gasteiger partial charge in [0.25, 0.3) is 0 Å². The van der Waals surface area contributed by atoms with E-state index in [1.54, 1.807) is 16.0 Å². The van der Waals surface area contributed by atoms with E-state index in [0.717, 1.165) is 17.0 Å². The third-order valence-electron chi connectivity index (χ3n) is 2.13. The Labute approximate surface area is 92.5 Å². The number of hydrogen-bond donors (Lipinski definition) is 1. The first-order valence-electron chi connectivity index (χ1n) is 4.58. The van der Waals surface area contributed by atoms with Crippen molar-refractivity contribution in [3.63, 3.8) is 0 Å². The average molecular weight is 217 g/mol. The Bertz CT molecular complexity index is 476. The molecule has 0 amide bonds. The highest BCUT2D eigenvalue weighted by atomic mass is 32.1. The highest BCUT2D eigenvalue weighted by Crippen LogP contribution is 2.21. The van der Waals surface area contributed by atoms with E-state index in [4.69, 9.17) is 12.2 Å². The molecule has 3 nitrogen and oxygen atoms in total. The summed E-state index contributed by atoms with van der Waals surface area (Å²) in [4.78, 5) is 0. The largest absolute Gasteiger partial charge is 0.325 e. The maximum absolute atomic E-state index is 5.62. The zero-order valence-corrected chi connectivity index (χ0v) is 9.00. The lowest BCUT2D eigenvalue weighted by Gasteiger charge is -1.98. The van der Waals surface area contributed by atoms with Crippen LogP contribution in [-0.2, 0) is 13.1 Å². The first-order valence-corrected chi connectivity index (χ1v) is 5.52. The Hall–Kier alpha value is -1.57. The van der Waals surface area contributed by atoms with Crippen molar-refractivity contribution in [1.82, 2.24) is 9.78 Å². The Morgan fingerprint density at radius 3 is 3.07 bits per heavy atom. The molecule has 2 N–H and O–H groups in total. The van der Waals surface area contributed by atoms with E-state index < -0.39 is 0 Å². The number of hydrogen-bond acceptors (Lipinski definition) is 3. The fourth-order valence-electron chi connectivity index (χ4n) is 1.39. The van der Waals surface area contributed by atoms with Crippen LogP contribution in [0.4, 0.5) is 0 Å². The SMILES string of the molecule is C#CCn1nc(-c2ccsc2)cc1CN. The highest BCUT2D eigenvalue weighted by molar-refractivity contribution is 7.08. The van der Waals surface area contributed by atoms with Crippen LogP contribution in [0.5, 0.6) is 0 Å². The molecule has 2 aromatic heterocycles. The molecule has 0 spiro atoms. The minimum absolute atomic E-state index is 0.457. The minimum atomic E-state index is 0.457. The van der Waals surface area contributed by atoms with Gasteiger partial charge in [-0.2, -0.15) is 16.4 Å². The molecule has 0 atom stereocenters. The molecule has 0 radical (unpaired) electrons. The molecule has 0 aromatic carbocycles. The summed E-state index contributed by atoms with van der Waals surface area (Å²) < 4.78 is 1.77. The van der Waals surface area contributed by atoms with E-state index in [0.29, 0.717) is 13.1 Å². The molecule has 4 heteroatoms. The number of nitrogens with two attached hydrogens (primary N) is 1. The first kappa shape index (κ1) is 9.97. The monoisotopic (exact) mass is 217 g/mol. The van der Waals surface area contributed by atoms with Crippen molar-refractivity contribution < 1.29 is 0 Å². The van der Waals surface area contributed by atoms with Crippen LogP contribution in [0.2, 0.25) is 0 Å². The van der Waals surface area contributed by atoms with Gasteiger partial charge in [0.05, 0.1) is 11.4 Å². The number of thiophene rings is 1. The fourth-order valence-corrected chi connectivity index (χ4v) is 2.04. The zero-order valence-electron chi connectivity index (χ0n) is 8.18. The van der Waals surface area contributed by atoms with Gasteiger partial charge in [0.1, 0.15) is 6.54 Å². The molecular formula is C11H11N3S. The van der Waals surface area contributed by atoms with Crippen molar-refractivity contribution in [1.29, 1.82) is 0 Å². The molecule has 0 bridgehead atoms. The molecule has 2 heterocycles. The second-order valence-electron chi connectivity index (χ2n) is 3.10. The fraction of sp³-hybridized carbons (Fsp3) is 0.182. The molecule has 0 unspecified atom stereocenters. The normalized spacial score (nSPS) is 10.1. The molecule has 0 aliphatic heterocycles. The van der Waals surface area contributed by atoms with Gasteiger partial charge >= 0.3 is 0 Å². The van der Waals surface area contributed by atoms with E-state index in [2.05, 4.69) is 16.4 Å². The van der Waals surface area contributed by atoms with Gasteiger partial charge in [-0.15, -0.1) is 6.42 Å². The van der Waals surface area contributed by atoms with Gasteiger partial charge in [-0.1, -0.05) is 5.92 Å². The highest BCUT2D eigenvalue weighted by Gasteiger charge is 2.07. The quantitative estimate of drug-likeness (QED) is 0.795. The van der Waals surface area contributed by atoms with Gasteiger partial charge in [0.2, 0.25) is 0 Å². The molecule has 76 valence electrons. The first-order chi connectivity index (χ1) is 7.35. The van der Waals surface area contributed by atoms with Gasteiger partial charge in [-0.3, -0.25) is 4.68 Å². The predicted octanol–water partition coefficient (Wildman–Crippen LogP) is 1.70. The van der Waals surface area contributed by atoms with Crippen molar-refractivity contribution in [3.8, 4) is 23.6 Å². The molecule has 0 fully saturated rings. The summed E-state index contributed by atoms with van der Waals surface area (Å²) in [5, 5.41) is 8.50. The topological polar surface area (TPSA) is 43.8 Å². The summed E-state index contributed by atoms with van der Waals surface area (Å²) >= 11 is 1.65. The smallest absolute Gasteiger partial charge is 0.102 e. The molecule has 15 heavy (non-hydrogen) atoms. The van der Waals surface area contributed by atoms with Gasteiger partial charge in [0.15, 0.2) is 0 Å². The molecule has 0 aliphatic rings. The van der Waals surface area contributed by atoms with Gasteiger partial charge in [-0.05, 0) is 17.5 Å². The van der Waals surface area contributed by atoms with Gasteiger partial charge < -0.3 is 5.73 Å². The lowest BCUT2D eigenvalue weighted by Crippen LogP contribution is -2.07. The van der Waals surface area contributed by atoms with Crippen LogP contribution in [0.15, 0.2) is 22.9 Å². The lowest BCUT2D eigenvalue weighted by atomic mass is 10.2. The average Bonchev–Trinajstić information content (AvgIpc) is 2.84. The molecule has 0 saturated carbocycles. The van der Waals surface area contributed by atoms with E-state index in [1.165, 1.54) is 0 Å². The second kappa shape index (κ2) is 4.30. The summed E-state index contributed by atoms with van der Waals surface area (Å²) in [6.45, 7) is 0.926. The lowest BCUT2D eigenvalue weighted by molar-refractivity contribution is 0.671. The summed E-state index contributed by atoms with van der Waals surface area (Å²) in [6, 6.07) is 4.02. The van der Waals surface area contributed by atoms with E-state index in [-0.39, 0.29) is 0 Å². The molecule has 0 aliphatic carbocycles. The van der Waals surface area contributed by atoms with E-state index in [9.17, 15) is 0 Å². The van der Waals surface area contributed by atoms with Gasteiger partial charge in [0, 0.05) is 17.5 Å². The second-order valence-corrected chi connectivity index (χ2v) is 3.88. The van der Waals surface area contributed by atoms with Crippen molar-refractivity contribution >= 4 is 11.3 Å². The predicted molar refractivity (Wildman–Crippen MR) is 62.3 cm³/mol. The third kappa shape index (κ3) is 1.94. The Kier molecular flexibility index (Phi) is 2.86. The summed E-state index contributed by atoms with van der Waals surface area (Å²) in [5.41, 5.74) is 8.64. The van der Waals surface area contributed by atoms with Crippen LogP contribution in [0.3, 0.4) is 0 Å². The Morgan fingerprint density at radius 2 is 2.47 bits per heavy atom. The maximum atomic E-state index is 5.62. The summed E-state index contributed by atoms with van der Waals surface area (Å²) in [6.07, 6.45) is 5.26. The van der Waals surface area contributed by atoms with Crippen LogP contribution in [0, 0.1) is 12.3 Å². The number of aromatic nitrogens is 2. The van der Waals surface area contributed by atoms with E-state index >= 15 is 0 Å². The Morgan fingerprint density at radius 1 is 1.60 bits per heavy atom. The Balaban J connectivity index is 2.39. The maximum Gasteiger partial charge on any atom is 0.102 e. The summed E-state index contributed by atoms with van der Waals surface area (Å²) in [7, 11) is 0. The standard InChI is InChI=1S/C11H11N3S/c1-2-4-14-10(7-12)6-11(13-14)9-3-5-15-8-9/h1,3,5-6,8H,4,7,12H2. The van der Waals surface area contributed by atoms with Crippen LogP contribution in [0.1, 0.15) is 5.69 Å². The van der Waals surface area contributed by atoms with Crippen molar-refractivity contribution in [2.24, 2.45) is 5.73 Å². The molecule has 2 aromatic rings. The molecular weight excluding hydrogens is 206 g/mol. The van der Waals surface area contributed by atoms with Crippen molar-refractivity contribution in [3.05, 3.63) is 28.6 Å². The van der Waals surface area contributed by atoms with Crippen LogP contribution in [-0.4, -0.2) is 9.78 Å². The van der Waals surface area contributed by atoms with Crippen LogP contribution < -0.4 is 5.73 Å². The van der Waals surface area contributed by atoms with Crippen LogP contribution >= 0.6 is 11.3 Å². The van der Waals surface area contributed by atoms with Crippen molar-refractivity contribution in [2.75, 3.05) is 0 Å². The van der Waals surface area contributed by atoms with Gasteiger partial charge in [-0.25, -0.2) is 0 Å². The molecule has 0 saturated heterocycles. The molecule has 2 rings (SSSR count). The zero-order chi connectivity index (χ0) is 10.7. The minimum Gasteiger partial charge on any atom is -0.325 e.